The maximum atomic E-state index is 13.5. The van der Waals surface area contributed by atoms with Crippen molar-refractivity contribution in [2.45, 2.75) is 63.6 Å². The van der Waals surface area contributed by atoms with E-state index in [2.05, 4.69) is 19.1 Å². The molecule has 0 spiro atoms. The number of aryl methyl sites for hydroxylation is 2. The predicted molar refractivity (Wildman–Crippen MR) is 116 cm³/mol. The van der Waals surface area contributed by atoms with E-state index >= 15 is 0 Å². The lowest BCUT2D eigenvalue weighted by molar-refractivity contribution is 0.655. The topological polar surface area (TPSA) is 34.9 Å². The van der Waals surface area contributed by atoms with Crippen molar-refractivity contribution in [1.29, 1.82) is 0 Å². The van der Waals surface area contributed by atoms with Gasteiger partial charge >= 0.3 is 0 Å². The number of benzene rings is 1. The molecule has 27 heavy (non-hydrogen) atoms. The van der Waals surface area contributed by atoms with Crippen molar-refractivity contribution in [2.24, 2.45) is 0 Å². The Kier molecular flexibility index (Phi) is 5.98. The number of aromatic nitrogens is 2. The van der Waals surface area contributed by atoms with Gasteiger partial charge in [-0.3, -0.25) is 9.36 Å². The van der Waals surface area contributed by atoms with Crippen molar-refractivity contribution >= 4 is 33.3 Å². The standard InChI is InChI=1S/C22H26N2OS2/c1-2-3-9-14-26-22-23-20-19(17-12-7-8-13-18(17)27-20)21(25)24(22)15-16-10-5-4-6-11-16/h4-6,10-11H,2-3,7-9,12-15H2,1H3. The van der Waals surface area contributed by atoms with Gasteiger partial charge in [-0.05, 0) is 43.2 Å². The van der Waals surface area contributed by atoms with Gasteiger partial charge in [0.1, 0.15) is 4.83 Å². The van der Waals surface area contributed by atoms with Crippen molar-refractivity contribution in [3.8, 4) is 0 Å². The third-order valence-corrected chi connectivity index (χ3v) is 7.45. The van der Waals surface area contributed by atoms with Crippen LogP contribution in [-0.2, 0) is 19.4 Å². The number of thioether (sulfide) groups is 1. The SMILES string of the molecule is CCCCCSc1nc2sc3c(c2c(=O)n1Cc1ccccc1)CCCC3. The summed E-state index contributed by atoms with van der Waals surface area (Å²) in [6.45, 7) is 2.82. The van der Waals surface area contributed by atoms with Gasteiger partial charge in [0, 0.05) is 10.6 Å². The first-order chi connectivity index (χ1) is 13.3. The fourth-order valence-electron chi connectivity index (χ4n) is 3.75. The second-order valence-electron chi connectivity index (χ2n) is 7.22. The molecule has 1 aliphatic rings. The zero-order chi connectivity index (χ0) is 18.6. The van der Waals surface area contributed by atoms with Crippen molar-refractivity contribution in [3.63, 3.8) is 0 Å². The molecule has 4 rings (SSSR count). The fraction of sp³-hybridized carbons (Fsp3) is 0.455. The maximum Gasteiger partial charge on any atom is 0.263 e. The van der Waals surface area contributed by atoms with Crippen LogP contribution in [0.15, 0.2) is 40.3 Å². The van der Waals surface area contributed by atoms with Crippen molar-refractivity contribution in [3.05, 3.63) is 56.7 Å². The Morgan fingerprint density at radius 1 is 1.15 bits per heavy atom. The Morgan fingerprint density at radius 2 is 1.96 bits per heavy atom. The molecular weight excluding hydrogens is 372 g/mol. The van der Waals surface area contributed by atoms with Crippen LogP contribution in [0.2, 0.25) is 0 Å². The number of hydrogen-bond acceptors (Lipinski definition) is 4. The Morgan fingerprint density at radius 3 is 2.78 bits per heavy atom. The molecule has 0 aliphatic heterocycles. The van der Waals surface area contributed by atoms with Crippen LogP contribution in [-0.4, -0.2) is 15.3 Å². The monoisotopic (exact) mass is 398 g/mol. The highest BCUT2D eigenvalue weighted by Crippen LogP contribution is 2.34. The normalized spacial score (nSPS) is 13.8. The van der Waals surface area contributed by atoms with Crippen LogP contribution in [0.3, 0.4) is 0 Å². The van der Waals surface area contributed by atoms with E-state index in [1.807, 2.05) is 22.8 Å². The molecule has 5 heteroatoms. The molecule has 0 fully saturated rings. The Bertz CT molecular complexity index is 975. The molecule has 0 bridgehead atoms. The number of hydrogen-bond donors (Lipinski definition) is 0. The van der Waals surface area contributed by atoms with E-state index in [9.17, 15) is 4.79 Å². The second-order valence-corrected chi connectivity index (χ2v) is 9.36. The minimum absolute atomic E-state index is 0.154. The number of unbranched alkanes of at least 4 members (excludes halogenated alkanes) is 2. The highest BCUT2D eigenvalue weighted by atomic mass is 32.2. The zero-order valence-corrected chi connectivity index (χ0v) is 17.5. The van der Waals surface area contributed by atoms with Gasteiger partial charge < -0.3 is 0 Å². The van der Waals surface area contributed by atoms with E-state index in [4.69, 9.17) is 4.98 Å². The Hall–Kier alpha value is -1.59. The zero-order valence-electron chi connectivity index (χ0n) is 15.9. The average molecular weight is 399 g/mol. The maximum absolute atomic E-state index is 13.5. The van der Waals surface area contributed by atoms with Gasteiger partial charge in [0.25, 0.3) is 5.56 Å². The summed E-state index contributed by atoms with van der Waals surface area (Å²) in [5.41, 5.74) is 2.59. The molecular formula is C22H26N2OS2. The molecule has 0 radical (unpaired) electrons. The number of thiophene rings is 1. The second kappa shape index (κ2) is 8.61. The summed E-state index contributed by atoms with van der Waals surface area (Å²) >= 11 is 3.49. The summed E-state index contributed by atoms with van der Waals surface area (Å²) in [4.78, 5) is 20.8. The predicted octanol–water partition coefficient (Wildman–Crippen LogP) is 5.67. The van der Waals surface area contributed by atoms with Crippen LogP contribution in [0.1, 0.15) is 55.0 Å². The minimum atomic E-state index is 0.154. The van der Waals surface area contributed by atoms with Crippen LogP contribution < -0.4 is 5.56 Å². The summed E-state index contributed by atoms with van der Waals surface area (Å²) in [5, 5.41) is 1.77. The van der Waals surface area contributed by atoms with E-state index in [-0.39, 0.29) is 5.56 Å². The van der Waals surface area contributed by atoms with Crippen molar-refractivity contribution in [1.82, 2.24) is 9.55 Å². The highest BCUT2D eigenvalue weighted by Gasteiger charge is 2.22. The smallest absolute Gasteiger partial charge is 0.263 e. The number of nitrogens with zero attached hydrogens (tertiary/aromatic N) is 2. The molecule has 1 aromatic carbocycles. The minimum Gasteiger partial charge on any atom is -0.283 e. The van der Waals surface area contributed by atoms with Gasteiger partial charge in [-0.25, -0.2) is 4.98 Å². The van der Waals surface area contributed by atoms with E-state index in [0.29, 0.717) is 6.54 Å². The first-order valence-corrected chi connectivity index (χ1v) is 11.8. The first-order valence-electron chi connectivity index (χ1n) is 9.99. The van der Waals surface area contributed by atoms with Crippen molar-refractivity contribution < 1.29 is 0 Å². The molecule has 0 atom stereocenters. The third-order valence-electron chi connectivity index (χ3n) is 5.20. The molecule has 3 aromatic rings. The van der Waals surface area contributed by atoms with Gasteiger partial charge in [0.2, 0.25) is 0 Å². The molecule has 0 saturated carbocycles. The fourth-order valence-corrected chi connectivity index (χ4v) is 6.05. The van der Waals surface area contributed by atoms with Gasteiger partial charge in [-0.2, -0.15) is 0 Å². The van der Waals surface area contributed by atoms with E-state index < -0.39 is 0 Å². The lowest BCUT2D eigenvalue weighted by atomic mass is 9.97. The van der Waals surface area contributed by atoms with E-state index in [1.165, 1.54) is 42.5 Å². The number of rotatable bonds is 7. The van der Waals surface area contributed by atoms with Crippen LogP contribution in [0, 0.1) is 0 Å². The van der Waals surface area contributed by atoms with Crippen LogP contribution in [0.25, 0.3) is 10.2 Å². The Labute approximate surface area is 168 Å². The number of fused-ring (bicyclic) bond motifs is 3. The third kappa shape index (κ3) is 3.99. The lowest BCUT2D eigenvalue weighted by Gasteiger charge is -2.13. The summed E-state index contributed by atoms with van der Waals surface area (Å²) in [6, 6.07) is 10.3. The van der Waals surface area contributed by atoms with Gasteiger partial charge in [-0.15, -0.1) is 11.3 Å². The summed E-state index contributed by atoms with van der Waals surface area (Å²) in [7, 11) is 0. The van der Waals surface area contributed by atoms with Crippen LogP contribution in [0.4, 0.5) is 0 Å². The van der Waals surface area contributed by atoms with Gasteiger partial charge in [-0.1, -0.05) is 61.9 Å². The lowest BCUT2D eigenvalue weighted by Crippen LogP contribution is -2.24. The van der Waals surface area contributed by atoms with Gasteiger partial charge in [0.05, 0.1) is 11.9 Å². The molecule has 0 amide bonds. The van der Waals surface area contributed by atoms with E-state index in [1.54, 1.807) is 23.1 Å². The summed E-state index contributed by atoms with van der Waals surface area (Å²) in [5.74, 6) is 1.02. The van der Waals surface area contributed by atoms with Crippen LogP contribution in [0.5, 0.6) is 0 Å². The molecule has 2 heterocycles. The molecule has 1 aliphatic carbocycles. The average Bonchev–Trinajstić information content (AvgIpc) is 3.07. The van der Waals surface area contributed by atoms with E-state index in [0.717, 1.165) is 39.5 Å². The molecule has 2 aromatic heterocycles. The summed E-state index contributed by atoms with van der Waals surface area (Å²) in [6.07, 6.45) is 8.16. The highest BCUT2D eigenvalue weighted by molar-refractivity contribution is 7.99. The van der Waals surface area contributed by atoms with Gasteiger partial charge in [0.15, 0.2) is 5.16 Å². The molecule has 0 saturated heterocycles. The Balaban J connectivity index is 1.78. The van der Waals surface area contributed by atoms with Crippen LogP contribution >= 0.6 is 23.1 Å². The molecule has 0 N–H and O–H groups in total. The van der Waals surface area contributed by atoms with Crippen molar-refractivity contribution in [2.75, 3.05) is 5.75 Å². The molecule has 3 nitrogen and oxygen atoms in total. The largest absolute Gasteiger partial charge is 0.283 e. The summed E-state index contributed by atoms with van der Waals surface area (Å²) < 4.78 is 1.91. The first kappa shape index (κ1) is 18.8. The molecule has 142 valence electrons. The quantitative estimate of drug-likeness (QED) is 0.292. The molecule has 0 unspecified atom stereocenters.